The number of rotatable bonds is 5. The van der Waals surface area contributed by atoms with Crippen LogP contribution < -0.4 is 16.2 Å². The molecular weight excluding hydrogens is 262 g/mol. The van der Waals surface area contributed by atoms with Crippen LogP contribution in [0, 0.1) is 6.92 Å². The van der Waals surface area contributed by atoms with Crippen LogP contribution in [0.2, 0.25) is 0 Å². The molecule has 2 aromatic rings. The summed E-state index contributed by atoms with van der Waals surface area (Å²) < 4.78 is 0. The topological polar surface area (TPSA) is 58.4 Å². The van der Waals surface area contributed by atoms with Crippen LogP contribution in [0.25, 0.3) is 0 Å². The van der Waals surface area contributed by atoms with Crippen molar-refractivity contribution in [1.29, 1.82) is 0 Å². The Labute approximate surface area is 125 Å². The van der Waals surface area contributed by atoms with Gasteiger partial charge in [-0.1, -0.05) is 30.3 Å². The average Bonchev–Trinajstić information content (AvgIpc) is 2.53. The highest BCUT2D eigenvalue weighted by atomic mass is 16.2. The van der Waals surface area contributed by atoms with Gasteiger partial charge in [0.05, 0.1) is 0 Å². The summed E-state index contributed by atoms with van der Waals surface area (Å²) in [6, 6.07) is 15.9. The van der Waals surface area contributed by atoms with Crippen LogP contribution in [0.15, 0.2) is 48.5 Å². The number of para-hydroxylation sites is 1. The number of nitrogens with one attached hydrogen (secondary N) is 1. The summed E-state index contributed by atoms with van der Waals surface area (Å²) in [6.45, 7) is 6.00. The molecule has 2 aromatic carbocycles. The van der Waals surface area contributed by atoms with Crippen molar-refractivity contribution in [2.75, 3.05) is 11.4 Å². The van der Waals surface area contributed by atoms with E-state index in [4.69, 9.17) is 5.84 Å². The maximum atomic E-state index is 11.4. The number of carbonyl (C=O) groups is 1. The number of carbonyl (C=O) groups excluding carboxylic acids is 1. The maximum absolute atomic E-state index is 11.4. The highest BCUT2D eigenvalue weighted by Crippen LogP contribution is 2.21. The average molecular weight is 283 g/mol. The molecule has 4 heteroatoms. The maximum Gasteiger partial charge on any atom is 0.265 e. The first-order valence-corrected chi connectivity index (χ1v) is 7.06. The summed E-state index contributed by atoms with van der Waals surface area (Å²) in [7, 11) is 0. The van der Waals surface area contributed by atoms with Crippen molar-refractivity contribution in [3.63, 3.8) is 0 Å². The molecule has 0 fully saturated rings. The largest absolute Gasteiger partial charge is 0.367 e. The van der Waals surface area contributed by atoms with Crippen LogP contribution in [-0.2, 0) is 6.54 Å². The Morgan fingerprint density at radius 2 is 1.81 bits per heavy atom. The molecule has 0 aliphatic rings. The Bertz CT molecular complexity index is 608. The molecule has 0 saturated carbocycles. The van der Waals surface area contributed by atoms with E-state index in [1.807, 2.05) is 18.2 Å². The number of hydrogen-bond donors (Lipinski definition) is 2. The molecule has 0 unspecified atom stereocenters. The van der Waals surface area contributed by atoms with Crippen molar-refractivity contribution >= 4 is 11.6 Å². The number of benzene rings is 2. The number of nitrogens with zero attached hydrogens (tertiary/aromatic N) is 1. The summed E-state index contributed by atoms with van der Waals surface area (Å²) in [5.74, 6) is 4.86. The minimum absolute atomic E-state index is 0.271. The molecule has 0 bridgehead atoms. The van der Waals surface area contributed by atoms with E-state index in [9.17, 15) is 4.79 Å². The molecule has 0 aromatic heterocycles. The fraction of sp³-hybridized carbons (Fsp3) is 0.235. The SMILES string of the molecule is CCN(Cc1ccc(C(=O)NN)cc1)c1ccccc1C. The van der Waals surface area contributed by atoms with Crippen LogP contribution in [0.4, 0.5) is 5.69 Å². The van der Waals surface area contributed by atoms with Gasteiger partial charge < -0.3 is 4.90 Å². The minimum atomic E-state index is -0.271. The molecule has 110 valence electrons. The number of nitrogen functional groups attached to an aromatic ring is 1. The normalized spacial score (nSPS) is 10.2. The molecule has 0 saturated heterocycles. The Kier molecular flexibility index (Phi) is 4.95. The number of aryl methyl sites for hydroxylation is 1. The number of anilines is 1. The van der Waals surface area contributed by atoms with Gasteiger partial charge in [0.15, 0.2) is 0 Å². The first kappa shape index (κ1) is 15.1. The molecule has 21 heavy (non-hydrogen) atoms. The van der Waals surface area contributed by atoms with Crippen LogP contribution in [0.5, 0.6) is 0 Å². The molecular formula is C17H21N3O. The lowest BCUT2D eigenvalue weighted by atomic mass is 10.1. The summed E-state index contributed by atoms with van der Waals surface area (Å²) in [4.78, 5) is 13.7. The minimum Gasteiger partial charge on any atom is -0.367 e. The van der Waals surface area contributed by atoms with Gasteiger partial charge in [-0.15, -0.1) is 0 Å². The van der Waals surface area contributed by atoms with Crippen LogP contribution in [0.1, 0.15) is 28.4 Å². The quantitative estimate of drug-likeness (QED) is 0.504. The molecule has 0 aliphatic carbocycles. The van der Waals surface area contributed by atoms with Crippen LogP contribution in [-0.4, -0.2) is 12.5 Å². The van der Waals surface area contributed by atoms with E-state index in [1.54, 1.807) is 12.1 Å². The third-order valence-electron chi connectivity index (χ3n) is 3.56. The second kappa shape index (κ2) is 6.90. The van der Waals surface area contributed by atoms with Gasteiger partial charge in [-0.2, -0.15) is 0 Å². The van der Waals surface area contributed by atoms with Gasteiger partial charge in [-0.05, 0) is 43.2 Å². The van der Waals surface area contributed by atoms with Crippen molar-refractivity contribution in [2.45, 2.75) is 20.4 Å². The Hall–Kier alpha value is -2.33. The first-order chi connectivity index (χ1) is 10.2. The summed E-state index contributed by atoms with van der Waals surface area (Å²) in [5, 5.41) is 0. The highest BCUT2D eigenvalue weighted by molar-refractivity contribution is 5.93. The predicted octanol–water partition coefficient (Wildman–Crippen LogP) is 2.63. The van der Waals surface area contributed by atoms with Gasteiger partial charge in [0, 0.05) is 24.3 Å². The lowest BCUT2D eigenvalue weighted by Gasteiger charge is -2.25. The number of hydrazine groups is 1. The van der Waals surface area contributed by atoms with Crippen molar-refractivity contribution in [2.24, 2.45) is 5.84 Å². The van der Waals surface area contributed by atoms with Crippen molar-refractivity contribution < 1.29 is 4.79 Å². The van der Waals surface area contributed by atoms with E-state index in [0.717, 1.165) is 18.7 Å². The fourth-order valence-corrected chi connectivity index (χ4v) is 2.35. The van der Waals surface area contributed by atoms with Crippen molar-refractivity contribution in [1.82, 2.24) is 5.43 Å². The molecule has 0 spiro atoms. The van der Waals surface area contributed by atoms with Gasteiger partial charge >= 0.3 is 0 Å². The van der Waals surface area contributed by atoms with E-state index >= 15 is 0 Å². The van der Waals surface area contributed by atoms with Crippen molar-refractivity contribution in [3.8, 4) is 0 Å². The highest BCUT2D eigenvalue weighted by Gasteiger charge is 2.08. The number of hydrogen-bond acceptors (Lipinski definition) is 3. The molecule has 0 atom stereocenters. The van der Waals surface area contributed by atoms with Gasteiger partial charge in [0.25, 0.3) is 5.91 Å². The van der Waals surface area contributed by atoms with E-state index in [2.05, 4.69) is 42.4 Å². The Morgan fingerprint density at radius 3 is 2.38 bits per heavy atom. The Morgan fingerprint density at radius 1 is 1.14 bits per heavy atom. The Balaban J connectivity index is 2.16. The first-order valence-electron chi connectivity index (χ1n) is 7.06. The number of nitrogens with two attached hydrogens (primary N) is 1. The molecule has 3 N–H and O–H groups in total. The summed E-state index contributed by atoms with van der Waals surface area (Å²) in [5.41, 5.74) is 6.37. The van der Waals surface area contributed by atoms with Crippen LogP contribution in [0.3, 0.4) is 0 Å². The third-order valence-corrected chi connectivity index (χ3v) is 3.56. The summed E-state index contributed by atoms with van der Waals surface area (Å²) >= 11 is 0. The zero-order valence-electron chi connectivity index (χ0n) is 12.5. The molecule has 2 rings (SSSR count). The lowest BCUT2D eigenvalue weighted by Crippen LogP contribution is -2.30. The van der Waals surface area contributed by atoms with Gasteiger partial charge in [-0.3, -0.25) is 10.2 Å². The number of amides is 1. The van der Waals surface area contributed by atoms with E-state index in [-0.39, 0.29) is 5.91 Å². The van der Waals surface area contributed by atoms with E-state index in [0.29, 0.717) is 5.56 Å². The third kappa shape index (κ3) is 3.61. The monoisotopic (exact) mass is 283 g/mol. The molecule has 1 amide bonds. The molecule has 0 heterocycles. The summed E-state index contributed by atoms with van der Waals surface area (Å²) in [6.07, 6.45) is 0. The molecule has 0 radical (unpaired) electrons. The lowest BCUT2D eigenvalue weighted by molar-refractivity contribution is 0.0953. The fourth-order valence-electron chi connectivity index (χ4n) is 2.35. The van der Waals surface area contributed by atoms with Gasteiger partial charge in [0.1, 0.15) is 0 Å². The standard InChI is InChI=1S/C17H21N3O/c1-3-20(16-7-5-4-6-13(16)2)12-14-8-10-15(11-9-14)17(21)19-18/h4-11H,3,12,18H2,1-2H3,(H,19,21). The van der Waals surface area contributed by atoms with Crippen molar-refractivity contribution in [3.05, 3.63) is 65.2 Å². The van der Waals surface area contributed by atoms with Gasteiger partial charge in [-0.25, -0.2) is 5.84 Å². The second-order valence-corrected chi connectivity index (χ2v) is 4.97. The van der Waals surface area contributed by atoms with E-state index < -0.39 is 0 Å². The zero-order chi connectivity index (χ0) is 15.2. The second-order valence-electron chi connectivity index (χ2n) is 4.97. The van der Waals surface area contributed by atoms with Gasteiger partial charge in [0.2, 0.25) is 0 Å². The molecule has 0 aliphatic heterocycles. The van der Waals surface area contributed by atoms with E-state index in [1.165, 1.54) is 11.3 Å². The predicted molar refractivity (Wildman–Crippen MR) is 86.0 cm³/mol. The zero-order valence-corrected chi connectivity index (χ0v) is 12.5. The molecule has 4 nitrogen and oxygen atoms in total. The smallest absolute Gasteiger partial charge is 0.265 e. The van der Waals surface area contributed by atoms with Crippen LogP contribution >= 0.6 is 0 Å².